The summed E-state index contributed by atoms with van der Waals surface area (Å²) >= 11 is 0. The number of carboxylic acid groups (broad SMARTS) is 1. The topological polar surface area (TPSA) is 66.6 Å². The van der Waals surface area contributed by atoms with Crippen molar-refractivity contribution in [2.45, 2.75) is 0 Å². The Morgan fingerprint density at radius 1 is 1.54 bits per heavy atom. The number of hydrogen-bond acceptors (Lipinski definition) is 3. The number of hydrogen-bond donors (Lipinski definition) is 2. The van der Waals surface area contributed by atoms with Gasteiger partial charge in [0.2, 0.25) is 0 Å². The van der Waals surface area contributed by atoms with Gasteiger partial charge in [0.25, 0.3) is 0 Å². The van der Waals surface area contributed by atoms with Crippen LogP contribution in [0.15, 0.2) is 24.3 Å². The molecule has 0 amide bonds. The summed E-state index contributed by atoms with van der Waals surface area (Å²) in [4.78, 5) is 12.0. The number of anilines is 2. The summed E-state index contributed by atoms with van der Waals surface area (Å²) in [6.07, 6.45) is 0. The third-order valence-corrected chi connectivity index (χ3v) is 1.72. The summed E-state index contributed by atoms with van der Waals surface area (Å²) in [6, 6.07) is 7.17. The van der Waals surface area contributed by atoms with Crippen LogP contribution in [0.25, 0.3) is 0 Å². The SMILES string of the molecule is CN(CC(=O)O)c1ccccc1N. The van der Waals surface area contributed by atoms with Crippen molar-refractivity contribution in [2.75, 3.05) is 24.2 Å². The number of para-hydroxylation sites is 2. The fraction of sp³-hybridized carbons (Fsp3) is 0.222. The van der Waals surface area contributed by atoms with Crippen LogP contribution in [0.2, 0.25) is 0 Å². The molecule has 0 saturated carbocycles. The fourth-order valence-corrected chi connectivity index (χ4v) is 1.12. The lowest BCUT2D eigenvalue weighted by Crippen LogP contribution is -2.25. The van der Waals surface area contributed by atoms with Crippen LogP contribution in [-0.4, -0.2) is 24.7 Å². The molecule has 1 aromatic rings. The number of rotatable bonds is 3. The van der Waals surface area contributed by atoms with Crippen molar-refractivity contribution >= 4 is 17.3 Å². The lowest BCUT2D eigenvalue weighted by molar-refractivity contribution is -0.135. The molecule has 1 aromatic carbocycles. The number of nitrogens with two attached hydrogens (primary N) is 1. The molecular weight excluding hydrogens is 168 g/mol. The molecule has 70 valence electrons. The molecule has 0 spiro atoms. The number of aliphatic carboxylic acids is 1. The lowest BCUT2D eigenvalue weighted by Gasteiger charge is -2.18. The highest BCUT2D eigenvalue weighted by Gasteiger charge is 2.07. The quantitative estimate of drug-likeness (QED) is 0.675. The van der Waals surface area contributed by atoms with Crippen LogP contribution in [0.4, 0.5) is 11.4 Å². The maximum Gasteiger partial charge on any atom is 0.323 e. The van der Waals surface area contributed by atoms with Crippen molar-refractivity contribution in [1.82, 2.24) is 0 Å². The number of carbonyl (C=O) groups is 1. The molecular formula is C9H12N2O2. The summed E-state index contributed by atoms with van der Waals surface area (Å²) in [5, 5.41) is 8.55. The van der Waals surface area contributed by atoms with Crippen LogP contribution in [0.5, 0.6) is 0 Å². The second kappa shape index (κ2) is 3.80. The van der Waals surface area contributed by atoms with E-state index in [1.807, 2.05) is 12.1 Å². The molecule has 4 nitrogen and oxygen atoms in total. The zero-order chi connectivity index (χ0) is 9.84. The monoisotopic (exact) mass is 180 g/mol. The van der Waals surface area contributed by atoms with Crippen molar-refractivity contribution in [1.29, 1.82) is 0 Å². The minimum absolute atomic E-state index is 0.0474. The van der Waals surface area contributed by atoms with Gasteiger partial charge in [-0.2, -0.15) is 0 Å². The molecule has 0 aromatic heterocycles. The molecule has 4 heteroatoms. The molecule has 0 aliphatic carbocycles. The Morgan fingerprint density at radius 2 is 2.15 bits per heavy atom. The molecule has 0 fully saturated rings. The predicted octanol–water partition coefficient (Wildman–Crippen LogP) is 0.790. The van der Waals surface area contributed by atoms with Crippen LogP contribution in [0.3, 0.4) is 0 Å². The fourth-order valence-electron chi connectivity index (χ4n) is 1.12. The highest BCUT2D eigenvalue weighted by atomic mass is 16.4. The first-order valence-electron chi connectivity index (χ1n) is 3.88. The Morgan fingerprint density at radius 3 is 2.69 bits per heavy atom. The average Bonchev–Trinajstić information content (AvgIpc) is 2.03. The van der Waals surface area contributed by atoms with E-state index in [1.165, 1.54) is 0 Å². The Bertz CT molecular complexity index is 312. The Labute approximate surface area is 76.6 Å². The predicted molar refractivity (Wildman–Crippen MR) is 51.8 cm³/mol. The average molecular weight is 180 g/mol. The van der Waals surface area contributed by atoms with Crippen molar-refractivity contribution in [2.24, 2.45) is 0 Å². The first-order chi connectivity index (χ1) is 6.11. The number of carboxylic acids is 1. The van der Waals surface area contributed by atoms with Gasteiger partial charge >= 0.3 is 5.97 Å². The normalized spacial score (nSPS) is 9.62. The molecule has 3 N–H and O–H groups in total. The third kappa shape index (κ3) is 2.37. The largest absolute Gasteiger partial charge is 0.480 e. The highest BCUT2D eigenvalue weighted by Crippen LogP contribution is 2.20. The van der Waals surface area contributed by atoms with Gasteiger partial charge in [-0.15, -0.1) is 0 Å². The maximum absolute atomic E-state index is 10.4. The number of likely N-dealkylation sites (N-methyl/N-ethyl adjacent to an activating group) is 1. The minimum atomic E-state index is -0.870. The number of nitrogens with zero attached hydrogens (tertiary/aromatic N) is 1. The Balaban J connectivity index is 2.82. The lowest BCUT2D eigenvalue weighted by atomic mass is 10.2. The molecule has 0 heterocycles. The van der Waals surface area contributed by atoms with E-state index < -0.39 is 5.97 Å². The second-order valence-electron chi connectivity index (χ2n) is 2.81. The molecule has 0 radical (unpaired) electrons. The van der Waals surface area contributed by atoms with Crippen molar-refractivity contribution in [3.8, 4) is 0 Å². The summed E-state index contributed by atoms with van der Waals surface area (Å²) in [5.74, 6) is -0.870. The zero-order valence-electron chi connectivity index (χ0n) is 7.40. The molecule has 0 unspecified atom stereocenters. The van der Waals surface area contributed by atoms with E-state index in [4.69, 9.17) is 10.8 Å². The van der Waals surface area contributed by atoms with Gasteiger partial charge in [-0.1, -0.05) is 12.1 Å². The summed E-state index contributed by atoms with van der Waals surface area (Å²) in [7, 11) is 1.69. The first-order valence-corrected chi connectivity index (χ1v) is 3.88. The van der Waals surface area contributed by atoms with Gasteiger partial charge in [0.1, 0.15) is 6.54 Å². The van der Waals surface area contributed by atoms with Gasteiger partial charge in [0.05, 0.1) is 11.4 Å². The van der Waals surface area contributed by atoms with Crippen molar-refractivity contribution in [3.05, 3.63) is 24.3 Å². The highest BCUT2D eigenvalue weighted by molar-refractivity contribution is 5.76. The van der Waals surface area contributed by atoms with Gasteiger partial charge in [-0.3, -0.25) is 4.79 Å². The third-order valence-electron chi connectivity index (χ3n) is 1.72. The maximum atomic E-state index is 10.4. The van der Waals surface area contributed by atoms with E-state index in [9.17, 15) is 4.79 Å². The standard InChI is InChI=1S/C9H12N2O2/c1-11(6-9(12)13)8-5-3-2-4-7(8)10/h2-5H,6,10H2,1H3,(H,12,13). The molecule has 0 bridgehead atoms. The minimum Gasteiger partial charge on any atom is -0.480 e. The van der Waals surface area contributed by atoms with Crippen molar-refractivity contribution < 1.29 is 9.90 Å². The van der Waals surface area contributed by atoms with Crippen LogP contribution in [0, 0.1) is 0 Å². The van der Waals surface area contributed by atoms with Gasteiger partial charge in [-0.25, -0.2) is 0 Å². The van der Waals surface area contributed by atoms with Gasteiger partial charge in [-0.05, 0) is 12.1 Å². The molecule has 13 heavy (non-hydrogen) atoms. The smallest absolute Gasteiger partial charge is 0.323 e. The van der Waals surface area contributed by atoms with Crippen LogP contribution in [0.1, 0.15) is 0 Å². The van der Waals surface area contributed by atoms with Crippen molar-refractivity contribution in [3.63, 3.8) is 0 Å². The second-order valence-corrected chi connectivity index (χ2v) is 2.81. The van der Waals surface area contributed by atoms with Gasteiger partial charge in [0, 0.05) is 7.05 Å². The van der Waals surface area contributed by atoms with E-state index in [2.05, 4.69) is 0 Å². The number of nitrogen functional groups attached to an aromatic ring is 1. The van der Waals surface area contributed by atoms with E-state index in [0.717, 1.165) is 5.69 Å². The van der Waals surface area contributed by atoms with Crippen LogP contribution >= 0.6 is 0 Å². The van der Waals surface area contributed by atoms with E-state index in [0.29, 0.717) is 5.69 Å². The van der Waals surface area contributed by atoms with Crippen LogP contribution < -0.4 is 10.6 Å². The molecule has 0 aliphatic rings. The first kappa shape index (κ1) is 9.38. The van der Waals surface area contributed by atoms with Gasteiger partial charge in [0.15, 0.2) is 0 Å². The van der Waals surface area contributed by atoms with E-state index >= 15 is 0 Å². The van der Waals surface area contributed by atoms with Crippen LogP contribution in [-0.2, 0) is 4.79 Å². The Hall–Kier alpha value is -1.71. The molecule has 1 rings (SSSR count). The molecule has 0 saturated heterocycles. The molecule has 0 aliphatic heterocycles. The zero-order valence-corrected chi connectivity index (χ0v) is 7.40. The Kier molecular flexibility index (Phi) is 2.74. The summed E-state index contributed by atoms with van der Waals surface area (Å²) in [5.41, 5.74) is 6.99. The summed E-state index contributed by atoms with van der Waals surface area (Å²) in [6.45, 7) is -0.0474. The van der Waals surface area contributed by atoms with E-state index in [-0.39, 0.29) is 6.54 Å². The van der Waals surface area contributed by atoms with Gasteiger partial charge < -0.3 is 15.7 Å². The molecule has 0 atom stereocenters. The number of benzene rings is 1. The van der Waals surface area contributed by atoms with E-state index in [1.54, 1.807) is 24.1 Å². The summed E-state index contributed by atoms with van der Waals surface area (Å²) < 4.78 is 0.